The minimum absolute atomic E-state index is 0.0253. The van der Waals surface area contributed by atoms with Gasteiger partial charge in [-0.25, -0.2) is 0 Å². The van der Waals surface area contributed by atoms with Gasteiger partial charge in [-0.3, -0.25) is 19.9 Å². The topological polar surface area (TPSA) is 64.5 Å². The first kappa shape index (κ1) is 68.8. The molecule has 0 fully saturated rings. The third-order valence-electron chi connectivity index (χ3n) is 23.0. The minimum atomic E-state index is -2.42. The van der Waals surface area contributed by atoms with E-state index >= 15 is 0 Å². The Morgan fingerprint density at radius 1 is 0.259 bits per heavy atom. The number of pyridine rings is 4. The summed E-state index contributed by atoms with van der Waals surface area (Å²) in [5, 5.41) is 5.72. The first-order valence-electron chi connectivity index (χ1n) is 38.2. The van der Waals surface area contributed by atoms with Crippen molar-refractivity contribution in [3.63, 3.8) is 0 Å². The van der Waals surface area contributed by atoms with Gasteiger partial charge >= 0.3 is 0 Å². The molecule has 0 atom stereocenters. The van der Waals surface area contributed by atoms with Crippen molar-refractivity contribution < 1.29 is 0 Å². The molecule has 0 saturated heterocycles. The van der Waals surface area contributed by atoms with Gasteiger partial charge in [0.05, 0.1) is 77.8 Å². The summed E-state index contributed by atoms with van der Waals surface area (Å²) in [6.45, 7) is 31.9. The molecule has 4 aliphatic rings. The molecule has 526 valence electrons. The van der Waals surface area contributed by atoms with Crippen LogP contribution in [0, 0.1) is 13.8 Å². The predicted octanol–water partition coefficient (Wildman–Crippen LogP) is 18.0. The van der Waals surface area contributed by atoms with Crippen LogP contribution in [0.1, 0.15) is 16.7 Å². The fourth-order valence-corrected chi connectivity index (χ4v) is 23.6. The zero-order chi connectivity index (χ0) is 74.3. The molecular formula is C94H88B2N8Si4. The third-order valence-corrected chi connectivity index (χ3v) is 32.2. The average molecular weight is 1460 g/mol. The maximum Gasteiger partial charge on any atom is 0.252 e. The van der Waals surface area contributed by atoms with Crippen LogP contribution in [0.2, 0.25) is 72.0 Å². The van der Waals surface area contributed by atoms with Gasteiger partial charge in [0.1, 0.15) is 0 Å². The summed E-state index contributed by atoms with van der Waals surface area (Å²) in [6.07, 6.45) is 7.81. The van der Waals surface area contributed by atoms with Crippen LogP contribution in [0.25, 0.3) is 45.0 Å². The number of rotatable bonds is 14. The van der Waals surface area contributed by atoms with Crippen molar-refractivity contribution in [3.8, 4) is 45.0 Å². The van der Waals surface area contributed by atoms with Crippen molar-refractivity contribution in [2.45, 2.75) is 91.9 Å². The second-order valence-corrected chi connectivity index (χ2v) is 53.7. The van der Waals surface area contributed by atoms with Crippen LogP contribution >= 0.6 is 0 Å². The quantitative estimate of drug-likeness (QED) is 0.0998. The molecule has 10 aromatic carbocycles. The molecule has 0 unspecified atom stereocenters. The first-order chi connectivity index (χ1) is 52.1. The lowest BCUT2D eigenvalue weighted by atomic mass is 9.33. The number of hydrogen-bond acceptors (Lipinski definition) is 8. The summed E-state index contributed by atoms with van der Waals surface area (Å²) in [5.74, 6) is 0. The predicted molar refractivity (Wildman–Crippen MR) is 473 cm³/mol. The second kappa shape index (κ2) is 26.2. The monoisotopic (exact) mass is 1460 g/mol. The lowest BCUT2D eigenvalue weighted by Gasteiger charge is -2.45. The van der Waals surface area contributed by atoms with Gasteiger partial charge in [0.25, 0.3) is 13.4 Å². The summed E-state index contributed by atoms with van der Waals surface area (Å²) >= 11 is 0. The van der Waals surface area contributed by atoms with E-state index in [-0.39, 0.29) is 13.4 Å². The highest BCUT2D eigenvalue weighted by atomic mass is 28.3. The van der Waals surface area contributed by atoms with E-state index < -0.39 is 32.3 Å². The summed E-state index contributed by atoms with van der Waals surface area (Å²) in [5.41, 5.74) is 33.8. The highest BCUT2D eigenvalue weighted by Crippen LogP contribution is 2.51. The van der Waals surface area contributed by atoms with Crippen molar-refractivity contribution in [2.75, 3.05) is 19.6 Å². The Kier molecular flexibility index (Phi) is 16.7. The molecule has 18 rings (SSSR count). The van der Waals surface area contributed by atoms with Gasteiger partial charge in [-0.05, 0) is 191 Å². The lowest BCUT2D eigenvalue weighted by molar-refractivity contribution is 1.22. The van der Waals surface area contributed by atoms with Crippen molar-refractivity contribution in [2.24, 2.45) is 0 Å². The Labute approximate surface area is 641 Å². The van der Waals surface area contributed by atoms with Crippen LogP contribution in [0.15, 0.2) is 286 Å². The van der Waals surface area contributed by atoms with E-state index in [1.165, 1.54) is 116 Å². The van der Waals surface area contributed by atoms with E-state index in [9.17, 15) is 0 Å². The number of para-hydroxylation sites is 4. The van der Waals surface area contributed by atoms with Crippen LogP contribution in [-0.2, 0) is 6.04 Å². The number of fused-ring (bicyclic) bond motifs is 8. The van der Waals surface area contributed by atoms with Crippen LogP contribution in [0.5, 0.6) is 0 Å². The minimum Gasteiger partial charge on any atom is -0.311 e. The molecule has 14 aromatic rings. The van der Waals surface area contributed by atoms with E-state index in [0.717, 1.165) is 73.8 Å². The van der Waals surface area contributed by atoms with E-state index in [2.05, 4.69) is 354 Å². The maximum atomic E-state index is 5.42. The number of nitrogens with zero attached hydrogens (tertiary/aromatic N) is 8. The Morgan fingerprint density at radius 3 is 0.972 bits per heavy atom. The Hall–Kier alpha value is -11.0. The lowest BCUT2D eigenvalue weighted by Crippen LogP contribution is -2.63. The van der Waals surface area contributed by atoms with Crippen molar-refractivity contribution in [3.05, 3.63) is 302 Å². The van der Waals surface area contributed by atoms with Gasteiger partial charge in [-0.15, -0.1) is 0 Å². The van der Waals surface area contributed by atoms with Crippen molar-refractivity contribution in [1.82, 2.24) is 19.9 Å². The smallest absolute Gasteiger partial charge is 0.252 e. The zero-order valence-electron chi connectivity index (χ0n) is 64.1. The number of anilines is 12. The molecule has 0 saturated carbocycles. The van der Waals surface area contributed by atoms with E-state index in [1.807, 2.05) is 36.8 Å². The molecule has 0 bridgehead atoms. The summed E-state index contributed by atoms with van der Waals surface area (Å²) in [6, 6.07) is 99.9. The summed E-state index contributed by atoms with van der Waals surface area (Å²) in [4.78, 5) is 30.8. The molecular weight excluding hydrogens is 1380 g/mol. The van der Waals surface area contributed by atoms with Crippen LogP contribution in [-0.4, -0.2) is 65.7 Å². The normalized spacial score (nSPS) is 13.5. The summed E-state index contributed by atoms with van der Waals surface area (Å²) in [7, 11) is -7.93. The van der Waals surface area contributed by atoms with E-state index in [1.54, 1.807) is 0 Å². The van der Waals surface area contributed by atoms with Crippen LogP contribution in [0.3, 0.4) is 0 Å². The van der Waals surface area contributed by atoms with Crippen LogP contribution < -0.4 is 73.1 Å². The standard InChI is InChI=1S/C94H88B2N8Si4/c1-62-52-89-94-90(53-62)102(82-36-19-15-29-70(82)78-33-23-26-49-98-78)86-46-42-68(58-76(86)96(94)75-57-65(105(3,4)5)41-45-85(75)101(89)81-35-18-14-28-69(81)77-32-22-25-48-97-77)108(12,13)61-64-47-51-100-80(56-64)72-31-17-21-38-84(72)104-88-60-67(107(9,10)11)40-44-74(88)95-73-43-39-66(106(6,7)8)59-87(73)103(91-54-63(2)55-92(104)93(91)95)83-37-20-16-30-71(83)79-34-24-27-50-99-79/h14-60H,61H2,1-13H3. The molecule has 0 N–H and O–H groups in total. The number of hydrogen-bond donors (Lipinski definition) is 0. The van der Waals surface area contributed by atoms with Crippen LogP contribution in [0.4, 0.5) is 68.2 Å². The Morgan fingerprint density at radius 2 is 0.583 bits per heavy atom. The average Bonchev–Trinajstić information content (AvgIpc) is 0.698. The van der Waals surface area contributed by atoms with Gasteiger partial charge in [-0.2, -0.15) is 0 Å². The SMILES string of the molecule is Cc1cc2c3c(c1)N(c1ccccc1-c1ccccn1)c1ccc([Si](C)(C)Cc4ccnc(-c5ccccc5N5c6cc([Si](C)(C)C)ccc6B6c7ccc([Si](C)(C)C)cc7N(c7ccccc7-c7ccccn7)c7cc(C)cc5c76)c4)cc1B3c1cc([Si](C)(C)C)ccc1N2c1ccccc1-c1ccccn1. The van der Waals surface area contributed by atoms with Gasteiger partial charge in [0.2, 0.25) is 0 Å². The molecule has 8 nitrogen and oxygen atoms in total. The molecule has 4 aromatic heterocycles. The van der Waals surface area contributed by atoms with Crippen molar-refractivity contribution >= 4 is 167 Å². The zero-order valence-corrected chi connectivity index (χ0v) is 68.1. The van der Waals surface area contributed by atoms with E-state index in [4.69, 9.17) is 19.9 Å². The van der Waals surface area contributed by atoms with Gasteiger partial charge < -0.3 is 19.6 Å². The molecule has 108 heavy (non-hydrogen) atoms. The molecule has 4 aliphatic heterocycles. The second-order valence-electron chi connectivity index (χ2n) is 33.8. The molecule has 8 heterocycles. The van der Waals surface area contributed by atoms with Gasteiger partial charge in [-0.1, -0.05) is 232 Å². The highest BCUT2D eigenvalue weighted by molar-refractivity contribution is 7.02. The Balaban J connectivity index is 0.789. The molecule has 0 amide bonds. The molecule has 0 radical (unpaired) electrons. The largest absolute Gasteiger partial charge is 0.311 e. The molecule has 0 aliphatic carbocycles. The summed E-state index contributed by atoms with van der Waals surface area (Å²) < 4.78 is 0. The number of aromatic nitrogens is 4. The van der Waals surface area contributed by atoms with Crippen molar-refractivity contribution in [1.29, 1.82) is 0 Å². The van der Waals surface area contributed by atoms with Gasteiger partial charge in [0, 0.05) is 92.5 Å². The fourth-order valence-electron chi connectivity index (χ4n) is 17.6. The van der Waals surface area contributed by atoms with Gasteiger partial charge in [0.15, 0.2) is 0 Å². The third kappa shape index (κ3) is 11.7. The fraction of sp³-hybridized carbons (Fsp3) is 0.149. The Bertz CT molecular complexity index is 5920. The first-order valence-corrected chi connectivity index (χ1v) is 51.9. The maximum absolute atomic E-state index is 5.42. The number of aryl methyl sites for hydroxylation is 2. The molecule has 0 spiro atoms. The number of benzene rings is 10. The highest BCUT2D eigenvalue weighted by Gasteiger charge is 2.48. The molecule has 14 heteroatoms. The van der Waals surface area contributed by atoms with E-state index in [0.29, 0.717) is 0 Å².